The lowest BCUT2D eigenvalue weighted by atomic mass is 9.99. The SMILES string of the molecule is CCCCCCCCCCCCCCCCCCCCCC(=O)OC[C@H](COC(=O)CCCCCCCCCCCCC(C)C)OC(=O)CCCCCCCCCCCCCCCCCCCCC(C)CC. The Kier molecular flexibility index (Phi) is 57.4. The molecule has 1 unspecified atom stereocenters. The summed E-state index contributed by atoms with van der Waals surface area (Å²) in [6.07, 6.45) is 65.4. The zero-order valence-corrected chi connectivity index (χ0v) is 49.6. The van der Waals surface area contributed by atoms with E-state index in [-0.39, 0.29) is 31.1 Å². The highest BCUT2D eigenvalue weighted by Gasteiger charge is 2.19. The average Bonchev–Trinajstić information content (AvgIpc) is 3.37. The van der Waals surface area contributed by atoms with Gasteiger partial charge in [-0.3, -0.25) is 14.4 Å². The first-order valence-corrected chi connectivity index (χ1v) is 32.8. The Morgan fingerprint density at radius 1 is 0.292 bits per heavy atom. The lowest BCUT2D eigenvalue weighted by Gasteiger charge is -2.18. The van der Waals surface area contributed by atoms with Gasteiger partial charge in [-0.1, -0.05) is 336 Å². The van der Waals surface area contributed by atoms with Crippen molar-refractivity contribution in [3.63, 3.8) is 0 Å². The zero-order chi connectivity index (χ0) is 52.5. The molecule has 0 saturated carbocycles. The highest BCUT2D eigenvalue weighted by Crippen LogP contribution is 2.19. The first-order valence-electron chi connectivity index (χ1n) is 32.8. The van der Waals surface area contributed by atoms with Crippen molar-refractivity contribution in [1.29, 1.82) is 0 Å². The molecular weight excluding hydrogens is 889 g/mol. The van der Waals surface area contributed by atoms with Crippen LogP contribution in [0.1, 0.15) is 375 Å². The largest absolute Gasteiger partial charge is 0.462 e. The molecule has 0 aromatic heterocycles. The number of esters is 3. The topological polar surface area (TPSA) is 78.9 Å². The van der Waals surface area contributed by atoms with Crippen LogP contribution in [0.3, 0.4) is 0 Å². The second-order valence-corrected chi connectivity index (χ2v) is 23.5. The van der Waals surface area contributed by atoms with Crippen molar-refractivity contribution in [2.45, 2.75) is 381 Å². The highest BCUT2D eigenvalue weighted by molar-refractivity contribution is 5.71. The maximum atomic E-state index is 12.9. The van der Waals surface area contributed by atoms with Gasteiger partial charge in [0.15, 0.2) is 6.10 Å². The summed E-state index contributed by atoms with van der Waals surface area (Å²) in [6.45, 7) is 11.5. The summed E-state index contributed by atoms with van der Waals surface area (Å²) in [7, 11) is 0. The maximum Gasteiger partial charge on any atom is 0.306 e. The Morgan fingerprint density at radius 2 is 0.528 bits per heavy atom. The summed E-state index contributed by atoms with van der Waals surface area (Å²) < 4.78 is 17.0. The molecule has 0 aromatic carbocycles. The number of hydrogen-bond acceptors (Lipinski definition) is 6. The molecule has 0 heterocycles. The van der Waals surface area contributed by atoms with Crippen LogP contribution in [0, 0.1) is 11.8 Å². The molecule has 72 heavy (non-hydrogen) atoms. The van der Waals surface area contributed by atoms with Crippen molar-refractivity contribution in [3.8, 4) is 0 Å². The van der Waals surface area contributed by atoms with Crippen LogP contribution in [0.25, 0.3) is 0 Å². The summed E-state index contributed by atoms with van der Waals surface area (Å²) in [5.41, 5.74) is 0. The first kappa shape index (κ1) is 70.4. The van der Waals surface area contributed by atoms with E-state index in [0.717, 1.165) is 69.6 Å². The minimum atomic E-state index is -0.764. The van der Waals surface area contributed by atoms with Gasteiger partial charge in [0, 0.05) is 19.3 Å². The molecule has 0 amide bonds. The standard InChI is InChI=1S/C66H128O6/c1-6-8-9-10-11-12-13-14-15-16-17-21-24-27-30-36-41-46-51-56-64(67)70-59-63(60-71-65(68)57-52-47-42-37-33-32-34-39-44-49-54-61(3)4)72-66(69)58-53-48-43-38-31-28-25-22-19-18-20-23-26-29-35-40-45-50-55-62(5)7-2/h61-63H,6-60H2,1-5H3/t62?,63-/m1/s1. The first-order chi connectivity index (χ1) is 35.3. The zero-order valence-electron chi connectivity index (χ0n) is 49.6. The maximum absolute atomic E-state index is 12.9. The van der Waals surface area contributed by atoms with E-state index in [1.54, 1.807) is 0 Å². The van der Waals surface area contributed by atoms with Crippen molar-refractivity contribution in [2.24, 2.45) is 11.8 Å². The Morgan fingerprint density at radius 3 is 0.792 bits per heavy atom. The Balaban J connectivity index is 4.24. The highest BCUT2D eigenvalue weighted by atomic mass is 16.6. The van der Waals surface area contributed by atoms with E-state index in [1.807, 2.05) is 0 Å². The third kappa shape index (κ3) is 57.7. The van der Waals surface area contributed by atoms with E-state index in [4.69, 9.17) is 14.2 Å². The van der Waals surface area contributed by atoms with E-state index in [1.165, 1.54) is 263 Å². The number of rotatable bonds is 60. The van der Waals surface area contributed by atoms with Gasteiger partial charge in [-0.25, -0.2) is 0 Å². The van der Waals surface area contributed by atoms with Crippen molar-refractivity contribution in [1.82, 2.24) is 0 Å². The molecule has 0 aliphatic rings. The summed E-state index contributed by atoms with van der Waals surface area (Å²) >= 11 is 0. The third-order valence-electron chi connectivity index (χ3n) is 15.6. The molecule has 2 atom stereocenters. The molecule has 0 saturated heterocycles. The summed E-state index contributed by atoms with van der Waals surface area (Å²) in [4.78, 5) is 38.3. The van der Waals surface area contributed by atoms with Gasteiger partial charge in [0.05, 0.1) is 0 Å². The third-order valence-corrected chi connectivity index (χ3v) is 15.6. The van der Waals surface area contributed by atoms with Gasteiger partial charge in [-0.15, -0.1) is 0 Å². The molecule has 0 bridgehead atoms. The van der Waals surface area contributed by atoms with E-state index in [0.29, 0.717) is 19.3 Å². The van der Waals surface area contributed by atoms with Crippen molar-refractivity contribution in [2.75, 3.05) is 13.2 Å². The molecule has 0 radical (unpaired) electrons. The second kappa shape index (κ2) is 58.7. The van der Waals surface area contributed by atoms with Crippen LogP contribution < -0.4 is 0 Å². The Labute approximate surface area is 450 Å². The lowest BCUT2D eigenvalue weighted by Crippen LogP contribution is -2.30. The van der Waals surface area contributed by atoms with Gasteiger partial charge < -0.3 is 14.2 Å². The van der Waals surface area contributed by atoms with Crippen LogP contribution in [-0.2, 0) is 28.6 Å². The van der Waals surface area contributed by atoms with E-state index in [2.05, 4.69) is 34.6 Å². The predicted molar refractivity (Wildman–Crippen MR) is 312 cm³/mol. The average molecular weight is 1020 g/mol. The number of hydrogen-bond donors (Lipinski definition) is 0. The predicted octanol–water partition coefficient (Wildman–Crippen LogP) is 22.0. The van der Waals surface area contributed by atoms with Gasteiger partial charge in [0.1, 0.15) is 13.2 Å². The fourth-order valence-electron chi connectivity index (χ4n) is 10.3. The van der Waals surface area contributed by atoms with Gasteiger partial charge in [0.2, 0.25) is 0 Å². The normalized spacial score (nSPS) is 12.4. The molecule has 0 spiro atoms. The molecule has 428 valence electrons. The second-order valence-electron chi connectivity index (χ2n) is 23.5. The van der Waals surface area contributed by atoms with Crippen LogP contribution in [0.5, 0.6) is 0 Å². The number of unbranched alkanes of at least 4 members (excludes halogenated alkanes) is 44. The number of carbonyl (C=O) groups excluding carboxylic acids is 3. The Bertz CT molecular complexity index is 1110. The van der Waals surface area contributed by atoms with Gasteiger partial charge in [-0.2, -0.15) is 0 Å². The fourth-order valence-corrected chi connectivity index (χ4v) is 10.3. The minimum absolute atomic E-state index is 0.0620. The molecule has 0 aliphatic heterocycles. The number of carbonyl (C=O) groups is 3. The molecule has 0 N–H and O–H groups in total. The van der Waals surface area contributed by atoms with Gasteiger partial charge >= 0.3 is 17.9 Å². The van der Waals surface area contributed by atoms with Crippen LogP contribution in [-0.4, -0.2) is 37.2 Å². The molecule has 0 aliphatic carbocycles. The monoisotopic (exact) mass is 1020 g/mol. The summed E-state index contributed by atoms with van der Waals surface area (Å²) in [5.74, 6) is 0.896. The van der Waals surface area contributed by atoms with Crippen molar-refractivity contribution in [3.05, 3.63) is 0 Å². The summed E-state index contributed by atoms with van der Waals surface area (Å²) in [5, 5.41) is 0. The lowest BCUT2D eigenvalue weighted by molar-refractivity contribution is -0.167. The van der Waals surface area contributed by atoms with Crippen molar-refractivity contribution >= 4 is 17.9 Å². The quantitative estimate of drug-likeness (QED) is 0.0343. The molecular formula is C66H128O6. The van der Waals surface area contributed by atoms with E-state index >= 15 is 0 Å². The van der Waals surface area contributed by atoms with Gasteiger partial charge in [-0.05, 0) is 31.1 Å². The molecule has 0 aromatic rings. The molecule has 6 heteroatoms. The minimum Gasteiger partial charge on any atom is -0.462 e. The molecule has 0 fully saturated rings. The van der Waals surface area contributed by atoms with Crippen LogP contribution in [0.4, 0.5) is 0 Å². The van der Waals surface area contributed by atoms with Gasteiger partial charge in [0.25, 0.3) is 0 Å². The van der Waals surface area contributed by atoms with Crippen molar-refractivity contribution < 1.29 is 28.6 Å². The Hall–Kier alpha value is -1.59. The summed E-state index contributed by atoms with van der Waals surface area (Å²) in [6, 6.07) is 0. The van der Waals surface area contributed by atoms with Crippen LogP contribution in [0.15, 0.2) is 0 Å². The smallest absolute Gasteiger partial charge is 0.306 e. The van der Waals surface area contributed by atoms with E-state index < -0.39 is 6.10 Å². The number of ether oxygens (including phenoxy) is 3. The van der Waals surface area contributed by atoms with Crippen LogP contribution in [0.2, 0.25) is 0 Å². The van der Waals surface area contributed by atoms with Crippen LogP contribution >= 0.6 is 0 Å². The van der Waals surface area contributed by atoms with E-state index in [9.17, 15) is 14.4 Å². The fraction of sp³-hybridized carbons (Fsp3) is 0.955. The molecule has 6 nitrogen and oxygen atoms in total. The molecule has 0 rings (SSSR count).